The van der Waals surface area contributed by atoms with Gasteiger partial charge in [0.15, 0.2) is 5.58 Å². The molecule has 0 spiro atoms. The number of para-hydroxylation sites is 1. The van der Waals surface area contributed by atoms with Gasteiger partial charge >= 0.3 is 6.85 Å². The number of furan rings is 1. The Morgan fingerprint density at radius 2 is 1.21 bits per heavy atom. The number of aromatic nitrogens is 2. The maximum atomic E-state index is 7.29. The van der Waals surface area contributed by atoms with Gasteiger partial charge in [-0.2, -0.15) is 0 Å². The number of fused-ring (bicyclic) bond motifs is 17. The van der Waals surface area contributed by atoms with Gasteiger partial charge in [-0.05, 0) is 132 Å². The summed E-state index contributed by atoms with van der Waals surface area (Å²) in [7, 11) is 0. The standard InChI is InChI=1S/C64H56BN3O2/c1-61(2,3)36-21-25-39(26-22-36)68-50-32-42-40-27-23-38(63(7,8)9)30-45(40)64(10,11)46(42)31-44(50)54-55-41-19-15-16-20-52(41)69-59(55)56-43-29-37(62(4,5)6)24-28-49(43)67-51-34-53-48(33-47(51)65(68)57(54)58(56)67)66-60(70-53)35-17-13-12-14-18-35/h12-34H,1-11H3. The van der Waals surface area contributed by atoms with E-state index in [0.717, 1.165) is 55.5 Å². The van der Waals surface area contributed by atoms with E-state index in [1.807, 2.05) is 18.2 Å². The summed E-state index contributed by atoms with van der Waals surface area (Å²) in [6.07, 6.45) is 0. The average Bonchev–Trinajstić information content (AvgIpc) is 4.08. The van der Waals surface area contributed by atoms with Crippen LogP contribution in [-0.4, -0.2) is 16.4 Å². The molecule has 0 fully saturated rings. The molecule has 0 saturated carbocycles. The Hall–Kier alpha value is -7.31. The number of benzene rings is 8. The largest absolute Gasteiger partial charge is 0.455 e. The summed E-state index contributed by atoms with van der Waals surface area (Å²) < 4.78 is 16.6. The molecular weight excluding hydrogens is 854 g/mol. The summed E-state index contributed by atoms with van der Waals surface area (Å²) in [6, 6.07) is 52.4. The first-order valence-corrected chi connectivity index (χ1v) is 25.1. The van der Waals surface area contributed by atoms with Crippen LogP contribution in [0.3, 0.4) is 0 Å². The minimum absolute atomic E-state index is 0.00757. The van der Waals surface area contributed by atoms with Gasteiger partial charge in [-0.3, -0.25) is 0 Å². The third-order valence-electron chi connectivity index (χ3n) is 16.3. The highest BCUT2D eigenvalue weighted by Crippen LogP contribution is 2.57. The third-order valence-corrected chi connectivity index (χ3v) is 16.3. The summed E-state index contributed by atoms with van der Waals surface area (Å²) in [6.45, 7) is 25.4. The minimum atomic E-state index is -0.242. The summed E-state index contributed by atoms with van der Waals surface area (Å²) in [4.78, 5) is 7.92. The van der Waals surface area contributed by atoms with Gasteiger partial charge in [0.25, 0.3) is 0 Å². The van der Waals surface area contributed by atoms with Crippen molar-refractivity contribution in [3.8, 4) is 39.4 Å². The van der Waals surface area contributed by atoms with Crippen molar-refractivity contribution in [2.45, 2.75) is 97.8 Å². The Balaban J connectivity index is 1.19. The zero-order valence-corrected chi connectivity index (χ0v) is 42.0. The van der Waals surface area contributed by atoms with E-state index in [1.165, 1.54) is 83.0 Å². The molecule has 5 heterocycles. The molecule has 2 aliphatic heterocycles. The summed E-state index contributed by atoms with van der Waals surface area (Å²) in [5.41, 5.74) is 24.1. The molecular formula is C64H56BN3O2. The molecule has 0 amide bonds. The molecule has 11 aromatic rings. The van der Waals surface area contributed by atoms with Crippen molar-refractivity contribution in [1.29, 1.82) is 0 Å². The fourth-order valence-corrected chi connectivity index (χ4v) is 12.5. The molecule has 0 unspecified atom stereocenters. The Morgan fingerprint density at radius 3 is 1.96 bits per heavy atom. The van der Waals surface area contributed by atoms with Gasteiger partial charge in [0.1, 0.15) is 16.7 Å². The first-order chi connectivity index (χ1) is 33.4. The average molecular weight is 910 g/mol. The highest BCUT2D eigenvalue weighted by Gasteiger charge is 2.48. The van der Waals surface area contributed by atoms with Gasteiger partial charge in [-0.25, -0.2) is 4.98 Å². The van der Waals surface area contributed by atoms with Crippen molar-refractivity contribution in [3.05, 3.63) is 167 Å². The molecule has 0 atom stereocenters. The Kier molecular flexibility index (Phi) is 8.04. The van der Waals surface area contributed by atoms with Crippen LogP contribution in [-0.2, 0) is 21.7 Å². The Morgan fingerprint density at radius 1 is 0.543 bits per heavy atom. The van der Waals surface area contributed by atoms with E-state index in [1.54, 1.807) is 0 Å². The van der Waals surface area contributed by atoms with Crippen LogP contribution >= 0.6 is 0 Å². The molecule has 1 aliphatic carbocycles. The quantitative estimate of drug-likeness (QED) is 0.162. The van der Waals surface area contributed by atoms with Gasteiger partial charge in [0.2, 0.25) is 5.89 Å². The smallest absolute Gasteiger partial charge is 0.333 e. The topological polar surface area (TPSA) is 47.3 Å². The van der Waals surface area contributed by atoms with Crippen molar-refractivity contribution in [2.24, 2.45) is 0 Å². The Bertz CT molecular complexity index is 4090. The highest BCUT2D eigenvalue weighted by atomic mass is 16.3. The fraction of sp³-hybridized carbons (Fsp3) is 0.234. The monoisotopic (exact) mass is 909 g/mol. The lowest BCUT2D eigenvalue weighted by Gasteiger charge is -2.42. The van der Waals surface area contributed by atoms with E-state index >= 15 is 0 Å². The first-order valence-electron chi connectivity index (χ1n) is 25.1. The van der Waals surface area contributed by atoms with Crippen molar-refractivity contribution >= 4 is 84.0 Å². The lowest BCUT2D eigenvalue weighted by atomic mass is 9.43. The van der Waals surface area contributed by atoms with Crippen LogP contribution in [0.2, 0.25) is 0 Å². The van der Waals surface area contributed by atoms with Crippen LogP contribution in [0.5, 0.6) is 0 Å². The second kappa shape index (κ2) is 13.5. The number of nitrogens with zero attached hydrogens (tertiary/aromatic N) is 3. The second-order valence-corrected chi connectivity index (χ2v) is 24.0. The van der Waals surface area contributed by atoms with Gasteiger partial charge < -0.3 is 18.2 Å². The number of oxazole rings is 1. The predicted molar refractivity (Wildman–Crippen MR) is 294 cm³/mol. The molecule has 8 aromatic carbocycles. The zero-order valence-electron chi connectivity index (χ0n) is 42.0. The van der Waals surface area contributed by atoms with E-state index < -0.39 is 0 Å². The molecule has 14 rings (SSSR count). The molecule has 0 N–H and O–H groups in total. The molecule has 0 bridgehead atoms. The number of anilines is 2. The van der Waals surface area contributed by atoms with E-state index in [4.69, 9.17) is 13.8 Å². The van der Waals surface area contributed by atoms with E-state index in [-0.39, 0.29) is 28.5 Å². The van der Waals surface area contributed by atoms with Crippen molar-refractivity contribution in [1.82, 2.24) is 9.55 Å². The molecule has 342 valence electrons. The Labute approximate surface area is 409 Å². The third kappa shape index (κ3) is 5.53. The second-order valence-electron chi connectivity index (χ2n) is 24.0. The van der Waals surface area contributed by atoms with E-state index in [9.17, 15) is 0 Å². The molecule has 3 aliphatic rings. The van der Waals surface area contributed by atoms with Gasteiger partial charge in [0, 0.05) is 55.8 Å². The first kappa shape index (κ1) is 41.6. The maximum absolute atomic E-state index is 7.29. The highest BCUT2D eigenvalue weighted by molar-refractivity contribution is 6.94. The summed E-state index contributed by atoms with van der Waals surface area (Å²) >= 11 is 0. The van der Waals surface area contributed by atoms with Gasteiger partial charge in [0.05, 0.1) is 16.4 Å². The molecule has 70 heavy (non-hydrogen) atoms. The number of rotatable bonds is 2. The van der Waals surface area contributed by atoms with E-state index in [2.05, 4.69) is 207 Å². The van der Waals surface area contributed by atoms with E-state index in [0.29, 0.717) is 5.89 Å². The molecule has 6 heteroatoms. The number of hydrogen-bond acceptors (Lipinski definition) is 4. The summed E-state index contributed by atoms with van der Waals surface area (Å²) in [5.74, 6) is 0.618. The van der Waals surface area contributed by atoms with Gasteiger partial charge in [-0.15, -0.1) is 0 Å². The van der Waals surface area contributed by atoms with Crippen molar-refractivity contribution in [2.75, 3.05) is 4.81 Å². The van der Waals surface area contributed by atoms with Crippen LogP contribution in [0, 0.1) is 0 Å². The van der Waals surface area contributed by atoms with Crippen LogP contribution in [0.1, 0.15) is 104 Å². The SMILES string of the molecule is CC(C)(C)c1ccc(N2B3c4cc5nc(-c6ccccc6)oc5cc4-n4c5ccc(C(C)(C)C)cc5c5c6oc7ccccc7c6c(c3c54)-c3cc4c(cc32)-c2ccc(C(C)(C)C)cc2C4(C)C)cc1. The van der Waals surface area contributed by atoms with Crippen molar-refractivity contribution < 1.29 is 8.83 Å². The van der Waals surface area contributed by atoms with Crippen molar-refractivity contribution in [3.63, 3.8) is 0 Å². The van der Waals surface area contributed by atoms with Crippen LogP contribution in [0.4, 0.5) is 11.4 Å². The maximum Gasteiger partial charge on any atom is 0.333 e. The van der Waals surface area contributed by atoms with Crippen LogP contribution in [0.15, 0.2) is 148 Å². The zero-order chi connectivity index (χ0) is 48.1. The van der Waals surface area contributed by atoms with Crippen LogP contribution < -0.4 is 15.7 Å². The number of hydrogen-bond donors (Lipinski definition) is 0. The summed E-state index contributed by atoms with van der Waals surface area (Å²) in [5, 5.41) is 4.65. The lowest BCUT2D eigenvalue weighted by Crippen LogP contribution is -2.60. The lowest BCUT2D eigenvalue weighted by molar-refractivity contribution is 0.584. The normalized spacial score (nSPS) is 14.8. The fourth-order valence-electron chi connectivity index (χ4n) is 12.5. The minimum Gasteiger partial charge on any atom is -0.455 e. The molecule has 5 nitrogen and oxygen atoms in total. The molecule has 0 saturated heterocycles. The molecule has 0 radical (unpaired) electrons. The molecule has 3 aromatic heterocycles. The van der Waals surface area contributed by atoms with Gasteiger partial charge in [-0.1, -0.05) is 149 Å². The van der Waals surface area contributed by atoms with Crippen LogP contribution in [0.25, 0.3) is 94.2 Å². The predicted octanol–water partition coefficient (Wildman–Crippen LogP) is 15.9.